The molecular weight excluding hydrogens is 270 g/mol. The van der Waals surface area contributed by atoms with Crippen molar-refractivity contribution in [2.75, 3.05) is 13.7 Å². The van der Waals surface area contributed by atoms with Crippen LogP contribution < -0.4 is 4.74 Å². The Balaban J connectivity index is 2.20. The average Bonchev–Trinajstić information content (AvgIpc) is 2.78. The maximum absolute atomic E-state index is 11.3. The Morgan fingerprint density at radius 1 is 1.47 bits per heavy atom. The molecule has 0 aliphatic carbocycles. The summed E-state index contributed by atoms with van der Waals surface area (Å²) >= 11 is 6.06. The molecule has 0 fully saturated rings. The first-order valence-electron chi connectivity index (χ1n) is 5.93. The molecule has 0 bridgehead atoms. The summed E-state index contributed by atoms with van der Waals surface area (Å²) in [6, 6.07) is 3.41. The van der Waals surface area contributed by atoms with Gasteiger partial charge < -0.3 is 14.0 Å². The van der Waals surface area contributed by atoms with Crippen molar-refractivity contribution in [1.29, 1.82) is 0 Å². The number of aromatic nitrogens is 1. The fourth-order valence-corrected chi connectivity index (χ4v) is 2.02. The summed E-state index contributed by atoms with van der Waals surface area (Å²) < 4.78 is 15.2. The van der Waals surface area contributed by atoms with E-state index < -0.39 is 0 Å². The topological polar surface area (TPSA) is 61.6 Å². The van der Waals surface area contributed by atoms with Crippen molar-refractivity contribution in [3.05, 3.63) is 22.8 Å². The van der Waals surface area contributed by atoms with E-state index in [1.165, 1.54) is 7.11 Å². The predicted molar refractivity (Wildman–Crippen MR) is 70.5 cm³/mol. The van der Waals surface area contributed by atoms with Gasteiger partial charge in [-0.2, -0.15) is 0 Å². The third-order valence-electron chi connectivity index (χ3n) is 2.69. The Labute approximate surface area is 115 Å². The van der Waals surface area contributed by atoms with E-state index in [1.807, 2.05) is 0 Å². The molecule has 0 spiro atoms. The number of aryl methyl sites for hydroxylation is 1. The lowest BCUT2D eigenvalue weighted by atomic mass is 10.1. The lowest BCUT2D eigenvalue weighted by molar-refractivity contribution is -0.143. The normalized spacial score (nSPS) is 10.7. The zero-order valence-electron chi connectivity index (χ0n) is 10.7. The highest BCUT2D eigenvalue weighted by Crippen LogP contribution is 2.31. The third kappa shape index (κ3) is 2.98. The van der Waals surface area contributed by atoms with E-state index in [2.05, 4.69) is 5.16 Å². The Kier molecular flexibility index (Phi) is 4.27. The van der Waals surface area contributed by atoms with E-state index in [0.717, 1.165) is 5.39 Å². The van der Waals surface area contributed by atoms with Gasteiger partial charge in [-0.25, -0.2) is 0 Å². The average molecular weight is 284 g/mol. The first kappa shape index (κ1) is 13.7. The second-order valence-corrected chi connectivity index (χ2v) is 4.32. The molecule has 2 aromatic rings. The van der Waals surface area contributed by atoms with E-state index in [9.17, 15) is 4.79 Å². The van der Waals surface area contributed by atoms with Crippen LogP contribution in [-0.4, -0.2) is 24.8 Å². The van der Waals surface area contributed by atoms with Gasteiger partial charge in [0.05, 0.1) is 30.9 Å². The van der Waals surface area contributed by atoms with Gasteiger partial charge >= 0.3 is 5.97 Å². The van der Waals surface area contributed by atoms with Gasteiger partial charge in [-0.05, 0) is 13.0 Å². The van der Waals surface area contributed by atoms with Gasteiger partial charge in [0.1, 0.15) is 5.75 Å². The molecule has 1 aromatic carbocycles. The lowest BCUT2D eigenvalue weighted by Crippen LogP contribution is -2.05. The Bertz CT molecular complexity index is 594. The second-order valence-electron chi connectivity index (χ2n) is 3.92. The van der Waals surface area contributed by atoms with Gasteiger partial charge in [0.2, 0.25) is 0 Å². The summed E-state index contributed by atoms with van der Waals surface area (Å²) in [5.41, 5.74) is 1.27. The fraction of sp³-hybridized carbons (Fsp3) is 0.385. The van der Waals surface area contributed by atoms with Crippen molar-refractivity contribution in [3.63, 3.8) is 0 Å². The molecule has 0 saturated carbocycles. The second kappa shape index (κ2) is 5.93. The van der Waals surface area contributed by atoms with Crippen LogP contribution in [0.1, 0.15) is 19.0 Å². The van der Waals surface area contributed by atoms with Crippen LogP contribution in [0, 0.1) is 0 Å². The van der Waals surface area contributed by atoms with Crippen LogP contribution in [0.4, 0.5) is 0 Å². The van der Waals surface area contributed by atoms with Gasteiger partial charge in [-0.1, -0.05) is 16.8 Å². The molecule has 2 rings (SSSR count). The number of hydrogen-bond donors (Lipinski definition) is 0. The molecule has 5 nitrogen and oxygen atoms in total. The first-order valence-corrected chi connectivity index (χ1v) is 6.31. The highest BCUT2D eigenvalue weighted by Gasteiger charge is 2.14. The molecule has 6 heteroatoms. The largest absolute Gasteiger partial charge is 0.495 e. The van der Waals surface area contributed by atoms with Gasteiger partial charge in [0, 0.05) is 17.9 Å². The minimum atomic E-state index is -0.252. The van der Waals surface area contributed by atoms with Gasteiger partial charge in [0.25, 0.3) is 0 Å². The highest BCUT2D eigenvalue weighted by atomic mass is 35.5. The minimum absolute atomic E-state index is 0.252. The molecule has 1 heterocycles. The Morgan fingerprint density at radius 2 is 2.26 bits per heavy atom. The first-order chi connectivity index (χ1) is 9.15. The number of esters is 1. The number of rotatable bonds is 5. The van der Waals surface area contributed by atoms with Crippen molar-refractivity contribution in [2.45, 2.75) is 19.8 Å². The maximum Gasteiger partial charge on any atom is 0.306 e. The smallest absolute Gasteiger partial charge is 0.306 e. The summed E-state index contributed by atoms with van der Waals surface area (Å²) in [4.78, 5) is 11.3. The summed E-state index contributed by atoms with van der Waals surface area (Å²) in [5.74, 6) is 0.278. The van der Waals surface area contributed by atoms with Crippen LogP contribution in [-0.2, 0) is 16.0 Å². The number of carbonyl (C=O) groups is 1. The van der Waals surface area contributed by atoms with Crippen LogP contribution in [0.2, 0.25) is 5.02 Å². The number of benzene rings is 1. The number of halogens is 1. The highest BCUT2D eigenvalue weighted by molar-refractivity contribution is 6.32. The standard InChI is InChI=1S/C13H14ClNO4/c1-3-18-13(16)5-4-10-8-6-9(14)12(17-2)7-11(8)19-15-10/h6-7H,3-5H2,1-2H3. The van der Waals surface area contributed by atoms with Crippen molar-refractivity contribution >= 4 is 28.5 Å². The number of carbonyl (C=O) groups excluding carboxylic acids is 1. The molecule has 0 atom stereocenters. The number of ether oxygens (including phenoxy) is 2. The van der Waals surface area contributed by atoms with Crippen LogP contribution in [0.15, 0.2) is 16.7 Å². The Hall–Kier alpha value is -1.75. The van der Waals surface area contributed by atoms with E-state index in [4.69, 9.17) is 25.6 Å². The van der Waals surface area contributed by atoms with Crippen LogP contribution in [0.25, 0.3) is 11.0 Å². The minimum Gasteiger partial charge on any atom is -0.495 e. The van der Waals surface area contributed by atoms with Gasteiger partial charge in [-0.15, -0.1) is 0 Å². The zero-order chi connectivity index (χ0) is 13.8. The molecule has 19 heavy (non-hydrogen) atoms. The van der Waals surface area contributed by atoms with Crippen molar-refractivity contribution in [2.24, 2.45) is 0 Å². The monoisotopic (exact) mass is 283 g/mol. The summed E-state index contributed by atoms with van der Waals surface area (Å²) in [6.45, 7) is 2.15. The van der Waals surface area contributed by atoms with Crippen LogP contribution >= 0.6 is 11.6 Å². The quantitative estimate of drug-likeness (QED) is 0.790. The number of nitrogens with zero attached hydrogens (tertiary/aromatic N) is 1. The molecule has 0 N–H and O–H groups in total. The van der Waals surface area contributed by atoms with Crippen LogP contribution in [0.3, 0.4) is 0 Å². The molecule has 0 saturated heterocycles. The molecule has 0 unspecified atom stereocenters. The SMILES string of the molecule is CCOC(=O)CCc1noc2cc(OC)c(Cl)cc12. The van der Waals surface area contributed by atoms with E-state index in [-0.39, 0.29) is 12.4 Å². The molecule has 0 radical (unpaired) electrons. The molecule has 0 aliphatic rings. The molecular formula is C13H14ClNO4. The number of hydrogen-bond acceptors (Lipinski definition) is 5. The Morgan fingerprint density at radius 3 is 2.95 bits per heavy atom. The van der Waals surface area contributed by atoms with Crippen molar-refractivity contribution in [3.8, 4) is 5.75 Å². The molecule has 1 aromatic heterocycles. The fourth-order valence-electron chi connectivity index (χ4n) is 1.78. The van der Waals surface area contributed by atoms with Crippen molar-refractivity contribution in [1.82, 2.24) is 5.16 Å². The van der Waals surface area contributed by atoms with E-state index in [1.54, 1.807) is 19.1 Å². The maximum atomic E-state index is 11.3. The molecule has 102 valence electrons. The molecule has 0 aliphatic heterocycles. The number of methoxy groups -OCH3 is 1. The summed E-state index contributed by atoms with van der Waals surface area (Å²) in [6.07, 6.45) is 0.716. The van der Waals surface area contributed by atoms with Gasteiger partial charge in [-0.3, -0.25) is 4.79 Å². The molecule has 0 amide bonds. The van der Waals surface area contributed by atoms with E-state index in [0.29, 0.717) is 35.1 Å². The zero-order valence-corrected chi connectivity index (χ0v) is 11.5. The third-order valence-corrected chi connectivity index (χ3v) is 2.99. The summed E-state index contributed by atoms with van der Waals surface area (Å²) in [5, 5.41) is 5.22. The summed E-state index contributed by atoms with van der Waals surface area (Å²) in [7, 11) is 1.53. The lowest BCUT2D eigenvalue weighted by Gasteiger charge is -2.02. The van der Waals surface area contributed by atoms with E-state index >= 15 is 0 Å². The van der Waals surface area contributed by atoms with Crippen molar-refractivity contribution < 1.29 is 18.8 Å². The van der Waals surface area contributed by atoms with Crippen LogP contribution in [0.5, 0.6) is 5.75 Å². The number of fused-ring (bicyclic) bond motifs is 1. The van der Waals surface area contributed by atoms with Gasteiger partial charge in [0.15, 0.2) is 5.58 Å². The predicted octanol–water partition coefficient (Wildman–Crippen LogP) is 2.99.